The Labute approximate surface area is 105 Å². The minimum atomic E-state index is -0.224. The molecule has 17 heavy (non-hydrogen) atoms. The monoisotopic (exact) mass is 241 g/mol. The van der Waals surface area contributed by atoms with Crippen LogP contribution < -0.4 is 5.32 Å². The van der Waals surface area contributed by atoms with Crippen LogP contribution in [-0.2, 0) is 0 Å². The van der Waals surface area contributed by atoms with Crippen molar-refractivity contribution in [2.75, 3.05) is 46.3 Å². The number of piperazine rings is 1. The smallest absolute Gasteiger partial charge is 0.0791 e. The molecule has 0 amide bonds. The van der Waals surface area contributed by atoms with Crippen molar-refractivity contribution >= 4 is 0 Å². The molecule has 0 aromatic carbocycles. The quantitative estimate of drug-likeness (QED) is 0.717. The van der Waals surface area contributed by atoms with Gasteiger partial charge in [-0.2, -0.15) is 0 Å². The van der Waals surface area contributed by atoms with Crippen LogP contribution in [-0.4, -0.2) is 73.4 Å². The number of β-amino-alcohol motifs (C(OH)–C–C–N with tert-alkyl or cyclic N) is 1. The lowest BCUT2D eigenvalue weighted by Crippen LogP contribution is -2.51. The second kappa shape index (κ2) is 6.69. The Balaban J connectivity index is 1.66. The van der Waals surface area contributed by atoms with Gasteiger partial charge >= 0.3 is 0 Å². The van der Waals surface area contributed by atoms with Gasteiger partial charge in [-0.1, -0.05) is 12.8 Å². The predicted molar refractivity (Wildman–Crippen MR) is 70.2 cm³/mol. The lowest BCUT2D eigenvalue weighted by atomic mass is 10.1. The summed E-state index contributed by atoms with van der Waals surface area (Å²) in [6, 6.07) is 0.861. The number of likely N-dealkylation sites (N-methyl/N-ethyl adjacent to an activating group) is 1. The Bertz CT molecular complexity index is 211. The van der Waals surface area contributed by atoms with Gasteiger partial charge in [0.05, 0.1) is 6.10 Å². The van der Waals surface area contributed by atoms with E-state index in [4.69, 9.17) is 0 Å². The molecule has 1 aliphatic heterocycles. The summed E-state index contributed by atoms with van der Waals surface area (Å²) >= 11 is 0. The van der Waals surface area contributed by atoms with Crippen LogP contribution in [0.4, 0.5) is 0 Å². The molecule has 1 saturated carbocycles. The zero-order chi connectivity index (χ0) is 12.1. The maximum atomic E-state index is 9.76. The van der Waals surface area contributed by atoms with Crippen molar-refractivity contribution < 1.29 is 5.11 Å². The molecule has 2 N–H and O–H groups in total. The first kappa shape index (κ1) is 13.3. The van der Waals surface area contributed by atoms with Gasteiger partial charge < -0.3 is 10.4 Å². The van der Waals surface area contributed by atoms with Crippen molar-refractivity contribution in [3.8, 4) is 0 Å². The minimum absolute atomic E-state index is 0.224. The summed E-state index contributed by atoms with van der Waals surface area (Å²) in [5.41, 5.74) is 0. The van der Waals surface area contributed by atoms with Crippen LogP contribution in [0.3, 0.4) is 0 Å². The van der Waals surface area contributed by atoms with E-state index in [1.165, 1.54) is 38.8 Å². The van der Waals surface area contributed by atoms with E-state index in [1.807, 2.05) is 7.05 Å². The summed E-state index contributed by atoms with van der Waals surface area (Å²) < 4.78 is 0. The van der Waals surface area contributed by atoms with Gasteiger partial charge in [-0.05, 0) is 19.9 Å². The van der Waals surface area contributed by atoms with Crippen molar-refractivity contribution in [1.82, 2.24) is 15.1 Å². The summed E-state index contributed by atoms with van der Waals surface area (Å²) in [6.07, 6.45) is 5.43. The van der Waals surface area contributed by atoms with Gasteiger partial charge in [0.25, 0.3) is 0 Å². The third kappa shape index (κ3) is 3.91. The molecule has 1 atom stereocenters. The molecule has 1 aliphatic carbocycles. The number of rotatable bonds is 5. The highest BCUT2D eigenvalue weighted by Gasteiger charge is 2.26. The first-order chi connectivity index (χ1) is 8.29. The fourth-order valence-corrected chi connectivity index (χ4v) is 3.18. The molecular weight excluding hydrogens is 214 g/mol. The van der Waals surface area contributed by atoms with E-state index in [9.17, 15) is 5.11 Å². The molecule has 1 heterocycles. The lowest BCUT2D eigenvalue weighted by molar-refractivity contribution is 0.0580. The van der Waals surface area contributed by atoms with Gasteiger partial charge in [-0.25, -0.2) is 0 Å². The largest absolute Gasteiger partial charge is 0.390 e. The predicted octanol–water partition coefficient (Wildman–Crippen LogP) is 0.127. The van der Waals surface area contributed by atoms with Crippen LogP contribution in [0.1, 0.15) is 25.7 Å². The lowest BCUT2D eigenvalue weighted by Gasteiger charge is -2.38. The molecular formula is C13H27N3O. The Hall–Kier alpha value is -0.160. The van der Waals surface area contributed by atoms with E-state index < -0.39 is 0 Å². The van der Waals surface area contributed by atoms with Crippen LogP contribution in [0, 0.1) is 0 Å². The van der Waals surface area contributed by atoms with E-state index in [-0.39, 0.29) is 6.10 Å². The molecule has 0 aromatic rings. The van der Waals surface area contributed by atoms with Crippen molar-refractivity contribution in [3.05, 3.63) is 0 Å². The number of nitrogens with one attached hydrogen (secondary N) is 1. The van der Waals surface area contributed by atoms with E-state index in [0.29, 0.717) is 6.54 Å². The van der Waals surface area contributed by atoms with E-state index >= 15 is 0 Å². The second-order valence-electron chi connectivity index (χ2n) is 5.49. The molecule has 2 fully saturated rings. The van der Waals surface area contributed by atoms with Gasteiger partial charge in [0.2, 0.25) is 0 Å². The Kier molecular flexibility index (Phi) is 5.22. The third-order valence-electron chi connectivity index (χ3n) is 4.16. The van der Waals surface area contributed by atoms with Crippen LogP contribution >= 0.6 is 0 Å². The molecule has 1 unspecified atom stereocenters. The van der Waals surface area contributed by atoms with Gasteiger partial charge in [-0.3, -0.25) is 9.80 Å². The van der Waals surface area contributed by atoms with Gasteiger partial charge in [0.1, 0.15) is 0 Å². The summed E-state index contributed by atoms with van der Waals surface area (Å²) in [6.45, 7) is 6.14. The van der Waals surface area contributed by atoms with Crippen LogP contribution in [0.5, 0.6) is 0 Å². The van der Waals surface area contributed by atoms with Gasteiger partial charge in [0.15, 0.2) is 0 Å². The number of hydrogen-bond donors (Lipinski definition) is 2. The third-order valence-corrected chi connectivity index (χ3v) is 4.16. The molecule has 0 radical (unpaired) electrons. The summed E-state index contributed by atoms with van der Waals surface area (Å²) in [7, 11) is 1.89. The molecule has 100 valence electrons. The molecule has 4 nitrogen and oxygen atoms in total. The molecule has 0 bridgehead atoms. The number of hydrogen-bond acceptors (Lipinski definition) is 4. The van der Waals surface area contributed by atoms with Gasteiger partial charge in [-0.15, -0.1) is 0 Å². The number of aliphatic hydroxyl groups excluding tert-OH is 1. The summed E-state index contributed by atoms with van der Waals surface area (Å²) in [5, 5.41) is 12.8. The Morgan fingerprint density at radius 3 is 2.41 bits per heavy atom. The summed E-state index contributed by atoms with van der Waals surface area (Å²) in [4.78, 5) is 5.06. The molecule has 0 aromatic heterocycles. The Morgan fingerprint density at radius 1 is 1.18 bits per heavy atom. The second-order valence-corrected chi connectivity index (χ2v) is 5.49. The highest BCUT2D eigenvalue weighted by Crippen LogP contribution is 2.24. The molecule has 4 heteroatoms. The van der Waals surface area contributed by atoms with E-state index in [0.717, 1.165) is 25.7 Å². The average molecular weight is 241 g/mol. The molecule has 0 spiro atoms. The van der Waals surface area contributed by atoms with Crippen molar-refractivity contribution in [2.45, 2.75) is 37.8 Å². The zero-order valence-corrected chi connectivity index (χ0v) is 11.1. The average Bonchev–Trinajstić information content (AvgIpc) is 2.84. The van der Waals surface area contributed by atoms with Crippen LogP contribution in [0.25, 0.3) is 0 Å². The van der Waals surface area contributed by atoms with E-state index in [2.05, 4.69) is 15.1 Å². The molecule has 1 saturated heterocycles. The van der Waals surface area contributed by atoms with Crippen molar-refractivity contribution in [2.24, 2.45) is 0 Å². The van der Waals surface area contributed by atoms with Crippen molar-refractivity contribution in [1.29, 1.82) is 0 Å². The standard InChI is InChI=1S/C13H27N3O/c1-14-10-13(17)11-15-6-8-16(9-7-15)12-4-2-3-5-12/h12-14,17H,2-11H2,1H3. The maximum absolute atomic E-state index is 9.76. The highest BCUT2D eigenvalue weighted by atomic mass is 16.3. The Morgan fingerprint density at radius 2 is 1.82 bits per heavy atom. The van der Waals surface area contributed by atoms with Crippen LogP contribution in [0.2, 0.25) is 0 Å². The van der Waals surface area contributed by atoms with E-state index in [1.54, 1.807) is 0 Å². The maximum Gasteiger partial charge on any atom is 0.0791 e. The fraction of sp³-hybridized carbons (Fsp3) is 1.00. The van der Waals surface area contributed by atoms with Gasteiger partial charge in [0, 0.05) is 45.3 Å². The first-order valence-corrected chi connectivity index (χ1v) is 7.08. The molecule has 2 rings (SSSR count). The SMILES string of the molecule is CNCC(O)CN1CCN(C2CCCC2)CC1. The zero-order valence-electron chi connectivity index (χ0n) is 11.1. The highest BCUT2D eigenvalue weighted by molar-refractivity contribution is 4.82. The number of nitrogens with zero attached hydrogens (tertiary/aromatic N) is 2. The summed E-state index contributed by atoms with van der Waals surface area (Å²) in [5.74, 6) is 0. The number of aliphatic hydroxyl groups is 1. The topological polar surface area (TPSA) is 38.7 Å². The fourth-order valence-electron chi connectivity index (χ4n) is 3.18. The van der Waals surface area contributed by atoms with Crippen LogP contribution in [0.15, 0.2) is 0 Å². The molecule has 2 aliphatic rings. The first-order valence-electron chi connectivity index (χ1n) is 7.08. The minimum Gasteiger partial charge on any atom is -0.390 e. The normalized spacial score (nSPS) is 26.5. The van der Waals surface area contributed by atoms with Crippen molar-refractivity contribution in [3.63, 3.8) is 0 Å².